The fraction of sp³-hybridized carbons (Fsp3) is 0.0833. The van der Waals surface area contributed by atoms with Gasteiger partial charge in [-0.25, -0.2) is 0 Å². The molecule has 0 unspecified atom stereocenters. The Labute approximate surface area is 104 Å². The molecule has 0 saturated heterocycles. The number of aromatic hydroxyl groups is 1. The molecule has 0 bridgehead atoms. The molecule has 1 aromatic heterocycles. The van der Waals surface area contributed by atoms with Crippen LogP contribution in [-0.4, -0.2) is 21.1 Å². The lowest BCUT2D eigenvalue weighted by atomic mass is 10.1. The molecule has 6 nitrogen and oxygen atoms in total. The first-order chi connectivity index (χ1) is 8.63. The third kappa shape index (κ3) is 2.15. The Kier molecular flexibility index (Phi) is 2.98. The van der Waals surface area contributed by atoms with E-state index in [-0.39, 0.29) is 11.3 Å². The molecule has 0 spiro atoms. The molecule has 0 aliphatic rings. The first-order valence-corrected chi connectivity index (χ1v) is 5.17. The van der Waals surface area contributed by atoms with Gasteiger partial charge in [-0.2, -0.15) is 10.4 Å². The lowest BCUT2D eigenvalue weighted by molar-refractivity contribution is 0.474. The summed E-state index contributed by atoms with van der Waals surface area (Å²) < 4.78 is 1.63. The van der Waals surface area contributed by atoms with Gasteiger partial charge in [0.15, 0.2) is 0 Å². The third-order valence-electron chi connectivity index (χ3n) is 2.43. The zero-order valence-electron chi connectivity index (χ0n) is 9.68. The number of hydrogen-bond donors (Lipinski definition) is 3. The first kappa shape index (κ1) is 11.7. The largest absolute Gasteiger partial charge is 0.506 e. The number of aromatic nitrogens is 2. The van der Waals surface area contributed by atoms with Crippen LogP contribution in [0.25, 0.3) is 0 Å². The second kappa shape index (κ2) is 4.59. The van der Waals surface area contributed by atoms with Crippen molar-refractivity contribution in [1.29, 1.82) is 10.7 Å². The van der Waals surface area contributed by atoms with Crippen molar-refractivity contribution >= 4 is 17.6 Å². The molecule has 18 heavy (non-hydrogen) atoms. The van der Waals surface area contributed by atoms with Crippen molar-refractivity contribution < 1.29 is 5.11 Å². The highest BCUT2D eigenvalue weighted by molar-refractivity contribution is 5.89. The summed E-state index contributed by atoms with van der Waals surface area (Å²) >= 11 is 0. The SMILES string of the molecule is Cn1cc(Nc2cc(O)c(C#N)cc2C=N)cn1. The summed E-state index contributed by atoms with van der Waals surface area (Å²) in [6.45, 7) is 0. The summed E-state index contributed by atoms with van der Waals surface area (Å²) in [5, 5.41) is 32.8. The van der Waals surface area contributed by atoms with Crippen molar-refractivity contribution in [1.82, 2.24) is 9.78 Å². The number of benzene rings is 1. The van der Waals surface area contributed by atoms with E-state index in [2.05, 4.69) is 10.4 Å². The van der Waals surface area contributed by atoms with Gasteiger partial charge in [-0.15, -0.1) is 0 Å². The van der Waals surface area contributed by atoms with Gasteiger partial charge in [0.1, 0.15) is 11.8 Å². The van der Waals surface area contributed by atoms with Crippen molar-refractivity contribution in [2.24, 2.45) is 7.05 Å². The summed E-state index contributed by atoms with van der Waals surface area (Å²) in [4.78, 5) is 0. The summed E-state index contributed by atoms with van der Waals surface area (Å²) in [6.07, 6.45) is 4.52. The van der Waals surface area contributed by atoms with Crippen LogP contribution in [0.15, 0.2) is 24.5 Å². The Morgan fingerprint density at radius 3 is 2.89 bits per heavy atom. The zero-order chi connectivity index (χ0) is 13.1. The lowest BCUT2D eigenvalue weighted by Crippen LogP contribution is -1.96. The van der Waals surface area contributed by atoms with E-state index in [1.807, 2.05) is 6.07 Å². The highest BCUT2D eigenvalue weighted by Gasteiger charge is 2.08. The average Bonchev–Trinajstić information content (AvgIpc) is 2.75. The van der Waals surface area contributed by atoms with Gasteiger partial charge in [0.05, 0.1) is 23.1 Å². The Bertz CT molecular complexity index is 638. The average molecular weight is 241 g/mol. The van der Waals surface area contributed by atoms with Crippen LogP contribution in [0.5, 0.6) is 5.75 Å². The maximum absolute atomic E-state index is 9.64. The van der Waals surface area contributed by atoms with Crippen LogP contribution < -0.4 is 5.32 Å². The van der Waals surface area contributed by atoms with Gasteiger partial charge in [-0.1, -0.05) is 0 Å². The Hall–Kier alpha value is -2.81. The van der Waals surface area contributed by atoms with Crippen molar-refractivity contribution in [3.8, 4) is 11.8 Å². The molecule has 0 radical (unpaired) electrons. The third-order valence-corrected chi connectivity index (χ3v) is 2.43. The number of phenols is 1. The van der Waals surface area contributed by atoms with Crippen LogP contribution in [0.1, 0.15) is 11.1 Å². The number of hydrogen-bond acceptors (Lipinski definition) is 5. The predicted octanol–water partition coefficient (Wildman–Crippen LogP) is 1.74. The monoisotopic (exact) mass is 241 g/mol. The van der Waals surface area contributed by atoms with Gasteiger partial charge in [0.2, 0.25) is 0 Å². The maximum Gasteiger partial charge on any atom is 0.135 e. The molecule has 0 saturated carbocycles. The quantitative estimate of drug-likeness (QED) is 0.713. The summed E-state index contributed by atoms with van der Waals surface area (Å²) in [5.74, 6) is -0.116. The molecule has 0 aliphatic carbocycles. The molecule has 0 atom stereocenters. The van der Waals surface area contributed by atoms with Gasteiger partial charge in [0, 0.05) is 31.1 Å². The fourth-order valence-corrected chi connectivity index (χ4v) is 1.56. The number of anilines is 2. The van der Waals surface area contributed by atoms with E-state index in [0.29, 0.717) is 11.3 Å². The van der Waals surface area contributed by atoms with Crippen molar-refractivity contribution in [2.75, 3.05) is 5.32 Å². The molecule has 1 heterocycles. The predicted molar refractivity (Wildman–Crippen MR) is 67.2 cm³/mol. The molecule has 0 fully saturated rings. The number of nitriles is 1. The van der Waals surface area contributed by atoms with Crippen molar-refractivity contribution in [3.05, 3.63) is 35.7 Å². The number of nitrogens with one attached hydrogen (secondary N) is 2. The van der Waals surface area contributed by atoms with E-state index in [1.165, 1.54) is 12.1 Å². The Morgan fingerprint density at radius 1 is 1.56 bits per heavy atom. The molecular weight excluding hydrogens is 230 g/mol. The van der Waals surface area contributed by atoms with Gasteiger partial charge >= 0.3 is 0 Å². The van der Waals surface area contributed by atoms with Crippen molar-refractivity contribution in [3.63, 3.8) is 0 Å². The Balaban J connectivity index is 2.41. The van der Waals surface area contributed by atoms with E-state index in [1.54, 1.807) is 24.1 Å². The van der Waals surface area contributed by atoms with Crippen molar-refractivity contribution in [2.45, 2.75) is 0 Å². The second-order valence-corrected chi connectivity index (χ2v) is 3.74. The van der Waals surface area contributed by atoms with Crippen LogP contribution in [0.3, 0.4) is 0 Å². The van der Waals surface area contributed by atoms with Crippen LogP contribution in [0, 0.1) is 16.7 Å². The molecule has 0 amide bonds. The van der Waals surface area contributed by atoms with E-state index in [0.717, 1.165) is 11.9 Å². The summed E-state index contributed by atoms with van der Waals surface area (Å²) in [5.41, 5.74) is 1.96. The van der Waals surface area contributed by atoms with Crippen LogP contribution >= 0.6 is 0 Å². The van der Waals surface area contributed by atoms with Crippen LogP contribution in [0.4, 0.5) is 11.4 Å². The first-order valence-electron chi connectivity index (χ1n) is 5.17. The topological polar surface area (TPSA) is 97.7 Å². The normalized spacial score (nSPS) is 9.78. The molecule has 0 aliphatic heterocycles. The number of phenolic OH excluding ortho intramolecular Hbond substituents is 1. The minimum absolute atomic E-state index is 0.116. The smallest absolute Gasteiger partial charge is 0.135 e. The molecule has 2 aromatic rings. The molecule has 90 valence electrons. The van der Waals surface area contributed by atoms with E-state index in [4.69, 9.17) is 10.7 Å². The van der Waals surface area contributed by atoms with Gasteiger partial charge in [0.25, 0.3) is 0 Å². The summed E-state index contributed by atoms with van der Waals surface area (Å²) in [7, 11) is 1.79. The van der Waals surface area contributed by atoms with Gasteiger partial charge < -0.3 is 15.8 Å². The fourth-order valence-electron chi connectivity index (χ4n) is 1.56. The van der Waals surface area contributed by atoms with E-state index >= 15 is 0 Å². The van der Waals surface area contributed by atoms with Crippen LogP contribution in [0.2, 0.25) is 0 Å². The highest BCUT2D eigenvalue weighted by Crippen LogP contribution is 2.27. The molecule has 3 N–H and O–H groups in total. The minimum Gasteiger partial charge on any atom is -0.506 e. The zero-order valence-corrected chi connectivity index (χ0v) is 9.68. The highest BCUT2D eigenvalue weighted by atomic mass is 16.3. The summed E-state index contributed by atoms with van der Waals surface area (Å²) in [6, 6.07) is 4.75. The number of aryl methyl sites for hydroxylation is 1. The number of rotatable bonds is 3. The van der Waals surface area contributed by atoms with E-state index in [9.17, 15) is 5.11 Å². The molecule has 2 rings (SSSR count). The Morgan fingerprint density at radius 2 is 2.33 bits per heavy atom. The maximum atomic E-state index is 9.64. The van der Waals surface area contributed by atoms with E-state index < -0.39 is 0 Å². The molecule has 1 aromatic carbocycles. The minimum atomic E-state index is -0.116. The lowest BCUT2D eigenvalue weighted by Gasteiger charge is -2.08. The van der Waals surface area contributed by atoms with Gasteiger partial charge in [-0.3, -0.25) is 4.68 Å². The molecular formula is C12H11N5O. The standard InChI is InChI=1S/C12H11N5O/c1-17-7-10(6-15-17)16-11-3-12(18)9(5-14)2-8(11)4-13/h2-4,6-7,13,16,18H,1H3. The number of nitrogens with zero attached hydrogens (tertiary/aromatic N) is 3. The van der Waals surface area contributed by atoms with Gasteiger partial charge in [-0.05, 0) is 6.07 Å². The molecule has 6 heteroatoms. The van der Waals surface area contributed by atoms with Crippen LogP contribution in [-0.2, 0) is 7.05 Å². The second-order valence-electron chi connectivity index (χ2n) is 3.74.